The molecule has 0 saturated heterocycles. The van der Waals surface area contributed by atoms with Crippen molar-refractivity contribution in [1.82, 2.24) is 20.4 Å². The third-order valence-electron chi connectivity index (χ3n) is 4.84. The normalized spacial score (nSPS) is 13.3. The standard InChI is InChI=1S/C22H28N4O/c1-15(14-26-17(3)12-16(2)25-26)13-23-22(27)24-18(4)20-11-7-9-19-8-5-6-10-21(19)20/h5-12,15,18H,13-14H2,1-4H3,(H2,23,24,27). The van der Waals surface area contributed by atoms with Gasteiger partial charge in [0, 0.05) is 18.8 Å². The van der Waals surface area contributed by atoms with Crippen LogP contribution in [0.25, 0.3) is 10.8 Å². The number of hydrogen-bond donors (Lipinski definition) is 2. The Morgan fingerprint density at radius 2 is 1.85 bits per heavy atom. The van der Waals surface area contributed by atoms with Crippen LogP contribution in [0.1, 0.15) is 36.8 Å². The van der Waals surface area contributed by atoms with Gasteiger partial charge in [-0.3, -0.25) is 4.68 Å². The number of rotatable bonds is 6. The van der Waals surface area contributed by atoms with E-state index < -0.39 is 0 Å². The van der Waals surface area contributed by atoms with E-state index in [2.05, 4.69) is 59.9 Å². The molecule has 1 aromatic heterocycles. The van der Waals surface area contributed by atoms with Gasteiger partial charge in [-0.1, -0.05) is 49.4 Å². The maximum atomic E-state index is 12.3. The van der Waals surface area contributed by atoms with Crippen molar-refractivity contribution >= 4 is 16.8 Å². The minimum absolute atomic E-state index is 0.0672. The fraction of sp³-hybridized carbons (Fsp3) is 0.364. The molecule has 0 bridgehead atoms. The number of urea groups is 1. The lowest BCUT2D eigenvalue weighted by atomic mass is 10.00. The maximum Gasteiger partial charge on any atom is 0.315 e. The van der Waals surface area contributed by atoms with E-state index in [1.165, 1.54) is 10.8 Å². The van der Waals surface area contributed by atoms with Crippen molar-refractivity contribution in [3.8, 4) is 0 Å². The first-order chi connectivity index (χ1) is 12.9. The van der Waals surface area contributed by atoms with Gasteiger partial charge in [0.05, 0.1) is 11.7 Å². The summed E-state index contributed by atoms with van der Waals surface area (Å²) in [6.45, 7) is 9.57. The van der Waals surface area contributed by atoms with Crippen molar-refractivity contribution in [2.75, 3.05) is 6.54 Å². The largest absolute Gasteiger partial charge is 0.338 e. The molecule has 2 N–H and O–H groups in total. The van der Waals surface area contributed by atoms with Crippen LogP contribution in [0.3, 0.4) is 0 Å². The summed E-state index contributed by atoms with van der Waals surface area (Å²) in [5, 5.41) is 12.9. The minimum Gasteiger partial charge on any atom is -0.338 e. The number of carbonyl (C=O) groups excluding carboxylic acids is 1. The number of aromatic nitrogens is 2. The number of nitrogens with zero attached hydrogens (tertiary/aromatic N) is 2. The highest BCUT2D eigenvalue weighted by atomic mass is 16.2. The van der Waals surface area contributed by atoms with Crippen LogP contribution in [-0.2, 0) is 6.54 Å². The molecule has 0 radical (unpaired) electrons. The first kappa shape index (κ1) is 19.0. The zero-order valence-corrected chi connectivity index (χ0v) is 16.5. The molecule has 0 aliphatic heterocycles. The molecule has 0 fully saturated rings. The van der Waals surface area contributed by atoms with Gasteiger partial charge in [0.1, 0.15) is 0 Å². The van der Waals surface area contributed by atoms with E-state index >= 15 is 0 Å². The summed E-state index contributed by atoms with van der Waals surface area (Å²) in [5.74, 6) is 0.293. The van der Waals surface area contributed by atoms with Crippen molar-refractivity contribution in [3.05, 3.63) is 65.5 Å². The molecule has 142 valence electrons. The van der Waals surface area contributed by atoms with Crippen molar-refractivity contribution < 1.29 is 4.79 Å². The van der Waals surface area contributed by atoms with Gasteiger partial charge in [0.25, 0.3) is 0 Å². The second kappa shape index (κ2) is 8.25. The number of amides is 2. The number of carbonyl (C=O) groups is 1. The van der Waals surface area contributed by atoms with E-state index in [4.69, 9.17) is 0 Å². The second-order valence-corrected chi connectivity index (χ2v) is 7.36. The van der Waals surface area contributed by atoms with Crippen LogP contribution in [0.2, 0.25) is 0 Å². The van der Waals surface area contributed by atoms with Crippen LogP contribution < -0.4 is 10.6 Å². The maximum absolute atomic E-state index is 12.3. The van der Waals surface area contributed by atoms with Crippen LogP contribution in [0.15, 0.2) is 48.5 Å². The molecule has 5 heteroatoms. The summed E-state index contributed by atoms with van der Waals surface area (Å²) in [5.41, 5.74) is 3.29. The Balaban J connectivity index is 1.55. The number of fused-ring (bicyclic) bond motifs is 1. The zero-order valence-electron chi connectivity index (χ0n) is 16.5. The predicted molar refractivity (Wildman–Crippen MR) is 110 cm³/mol. The van der Waals surface area contributed by atoms with Crippen LogP contribution in [0.5, 0.6) is 0 Å². The molecular formula is C22H28N4O. The molecule has 27 heavy (non-hydrogen) atoms. The first-order valence-electron chi connectivity index (χ1n) is 9.47. The van der Waals surface area contributed by atoms with E-state index in [0.29, 0.717) is 12.5 Å². The van der Waals surface area contributed by atoms with Gasteiger partial charge in [-0.15, -0.1) is 0 Å². The summed E-state index contributed by atoms with van der Waals surface area (Å²) in [6, 6.07) is 16.3. The Kier molecular flexibility index (Phi) is 5.79. The zero-order chi connectivity index (χ0) is 19.4. The highest BCUT2D eigenvalue weighted by Crippen LogP contribution is 2.23. The molecule has 3 rings (SSSR count). The highest BCUT2D eigenvalue weighted by molar-refractivity contribution is 5.86. The summed E-state index contributed by atoms with van der Waals surface area (Å²) in [4.78, 5) is 12.3. The average Bonchev–Trinajstić information content (AvgIpc) is 2.96. The number of hydrogen-bond acceptors (Lipinski definition) is 2. The molecule has 2 unspecified atom stereocenters. The van der Waals surface area contributed by atoms with Crippen molar-refractivity contribution in [1.29, 1.82) is 0 Å². The van der Waals surface area contributed by atoms with E-state index in [-0.39, 0.29) is 12.1 Å². The molecule has 2 aromatic carbocycles. The Bertz CT molecular complexity index is 926. The molecule has 2 amide bonds. The topological polar surface area (TPSA) is 59.0 Å². The molecule has 5 nitrogen and oxygen atoms in total. The summed E-state index contributed by atoms with van der Waals surface area (Å²) in [6.07, 6.45) is 0. The van der Waals surface area contributed by atoms with Crippen LogP contribution in [0, 0.1) is 19.8 Å². The fourth-order valence-electron chi connectivity index (χ4n) is 3.44. The van der Waals surface area contributed by atoms with Gasteiger partial charge in [-0.05, 0) is 49.1 Å². The first-order valence-corrected chi connectivity index (χ1v) is 9.47. The Labute approximate surface area is 160 Å². The number of aryl methyl sites for hydroxylation is 2. The van der Waals surface area contributed by atoms with Crippen molar-refractivity contribution in [2.24, 2.45) is 5.92 Å². The predicted octanol–water partition coefficient (Wildman–Crippen LogP) is 4.35. The SMILES string of the molecule is Cc1cc(C)n(CC(C)CNC(=O)NC(C)c2cccc3ccccc23)n1. The lowest BCUT2D eigenvalue weighted by molar-refractivity contribution is 0.235. The number of benzene rings is 2. The van der Waals surface area contributed by atoms with Crippen molar-refractivity contribution in [3.63, 3.8) is 0 Å². The van der Waals surface area contributed by atoms with Gasteiger partial charge in [0.2, 0.25) is 0 Å². The molecular weight excluding hydrogens is 336 g/mol. The Morgan fingerprint density at radius 1 is 1.11 bits per heavy atom. The van der Waals surface area contributed by atoms with Gasteiger partial charge in [-0.2, -0.15) is 5.10 Å². The number of nitrogens with one attached hydrogen (secondary N) is 2. The lowest BCUT2D eigenvalue weighted by Gasteiger charge is -2.19. The molecule has 0 aliphatic carbocycles. The van der Waals surface area contributed by atoms with Gasteiger partial charge in [0.15, 0.2) is 0 Å². The average molecular weight is 364 g/mol. The Morgan fingerprint density at radius 3 is 2.59 bits per heavy atom. The monoisotopic (exact) mass is 364 g/mol. The molecule has 0 aliphatic rings. The molecule has 2 atom stereocenters. The van der Waals surface area contributed by atoms with Crippen LogP contribution >= 0.6 is 0 Å². The fourth-order valence-corrected chi connectivity index (χ4v) is 3.44. The van der Waals surface area contributed by atoms with Crippen LogP contribution in [-0.4, -0.2) is 22.4 Å². The van der Waals surface area contributed by atoms with Crippen molar-refractivity contribution in [2.45, 2.75) is 40.3 Å². The van der Waals surface area contributed by atoms with Gasteiger partial charge in [-0.25, -0.2) is 4.79 Å². The van der Waals surface area contributed by atoms with E-state index in [1.807, 2.05) is 36.7 Å². The minimum atomic E-state index is -0.143. The molecule has 0 spiro atoms. The smallest absolute Gasteiger partial charge is 0.315 e. The third-order valence-corrected chi connectivity index (χ3v) is 4.84. The molecule has 0 saturated carbocycles. The molecule has 1 heterocycles. The van der Waals surface area contributed by atoms with E-state index in [9.17, 15) is 4.79 Å². The Hall–Kier alpha value is -2.82. The highest BCUT2D eigenvalue weighted by Gasteiger charge is 2.13. The van der Waals surface area contributed by atoms with E-state index in [1.54, 1.807) is 0 Å². The van der Waals surface area contributed by atoms with Crippen LogP contribution in [0.4, 0.5) is 4.79 Å². The van der Waals surface area contributed by atoms with Gasteiger partial charge >= 0.3 is 6.03 Å². The molecule has 3 aromatic rings. The van der Waals surface area contributed by atoms with Gasteiger partial charge < -0.3 is 10.6 Å². The summed E-state index contributed by atoms with van der Waals surface area (Å²) < 4.78 is 2.00. The third kappa shape index (κ3) is 4.67. The lowest BCUT2D eigenvalue weighted by Crippen LogP contribution is -2.39. The summed E-state index contributed by atoms with van der Waals surface area (Å²) in [7, 11) is 0. The summed E-state index contributed by atoms with van der Waals surface area (Å²) >= 11 is 0. The van der Waals surface area contributed by atoms with E-state index in [0.717, 1.165) is 23.5 Å². The second-order valence-electron chi connectivity index (χ2n) is 7.36. The quantitative estimate of drug-likeness (QED) is 0.683.